The standard InChI is InChI=1S/C33H34F3NO2/c1-20-21(2)30(34)13-12-27(20)29-5-3-4-25-17-26(33(38)39)10-11-28(25)32(29)24-8-6-22(7-9-24)16-23-18-37(19-23)15-14-31(35)36/h6-13,17,23,31H,3-5,14-16,18-19H2,1-2H3,(H,38,39). The van der Waals surface area contributed by atoms with Crippen LogP contribution in [0, 0.1) is 25.6 Å². The molecule has 1 fully saturated rings. The first-order chi connectivity index (χ1) is 18.7. The largest absolute Gasteiger partial charge is 0.478 e. The molecule has 0 unspecified atom stereocenters. The van der Waals surface area contributed by atoms with Crippen LogP contribution in [0.5, 0.6) is 0 Å². The van der Waals surface area contributed by atoms with Crippen LogP contribution in [0.2, 0.25) is 0 Å². The number of allylic oxidation sites excluding steroid dienone is 1. The van der Waals surface area contributed by atoms with Crippen molar-refractivity contribution in [3.8, 4) is 0 Å². The topological polar surface area (TPSA) is 40.5 Å². The number of hydrogen-bond donors (Lipinski definition) is 1. The minimum atomic E-state index is -2.25. The van der Waals surface area contributed by atoms with E-state index in [1.807, 2.05) is 26.0 Å². The fraction of sp³-hybridized carbons (Fsp3) is 0.364. The Labute approximate surface area is 228 Å². The molecule has 39 heavy (non-hydrogen) atoms. The first kappa shape index (κ1) is 27.2. The summed E-state index contributed by atoms with van der Waals surface area (Å²) >= 11 is 0. The highest BCUT2D eigenvalue weighted by Gasteiger charge is 2.27. The van der Waals surface area contributed by atoms with Crippen LogP contribution in [0.1, 0.15) is 68.6 Å². The van der Waals surface area contributed by atoms with E-state index in [1.165, 1.54) is 11.6 Å². The van der Waals surface area contributed by atoms with Crippen molar-refractivity contribution < 1.29 is 23.1 Å². The SMILES string of the molecule is Cc1c(F)ccc(C2=C(c3ccc(CC4CN(CCC(F)F)C4)cc3)c3ccc(C(=O)O)cc3CCC2)c1C. The normalized spacial score (nSPS) is 16.3. The lowest BCUT2D eigenvalue weighted by atomic mass is 9.84. The fourth-order valence-electron chi connectivity index (χ4n) is 6.04. The Morgan fingerprint density at radius 2 is 1.69 bits per heavy atom. The molecular weight excluding hydrogens is 499 g/mol. The molecule has 6 heteroatoms. The zero-order chi connectivity index (χ0) is 27.7. The van der Waals surface area contributed by atoms with Crippen molar-refractivity contribution in [3.05, 3.63) is 105 Å². The summed E-state index contributed by atoms with van der Waals surface area (Å²) < 4.78 is 39.3. The summed E-state index contributed by atoms with van der Waals surface area (Å²) in [5, 5.41) is 9.58. The first-order valence-electron chi connectivity index (χ1n) is 13.7. The molecule has 3 aromatic rings. The van der Waals surface area contributed by atoms with Gasteiger partial charge in [-0.2, -0.15) is 0 Å². The molecule has 0 aromatic heterocycles. The lowest BCUT2D eigenvalue weighted by Crippen LogP contribution is -2.48. The number of rotatable bonds is 8. The number of likely N-dealkylation sites (tertiary alicyclic amines) is 1. The fourth-order valence-corrected chi connectivity index (χ4v) is 6.04. The number of aryl methyl sites for hydroxylation is 1. The third-order valence-electron chi connectivity index (χ3n) is 8.31. The molecule has 0 spiro atoms. The van der Waals surface area contributed by atoms with Crippen molar-refractivity contribution in [3.63, 3.8) is 0 Å². The Morgan fingerprint density at radius 1 is 0.974 bits per heavy atom. The van der Waals surface area contributed by atoms with Crippen molar-refractivity contribution in [2.45, 2.75) is 52.4 Å². The smallest absolute Gasteiger partial charge is 0.335 e. The van der Waals surface area contributed by atoms with Gasteiger partial charge in [0.25, 0.3) is 0 Å². The van der Waals surface area contributed by atoms with Gasteiger partial charge in [0.15, 0.2) is 0 Å². The molecule has 3 aromatic carbocycles. The quantitative estimate of drug-likeness (QED) is 0.325. The second-order valence-corrected chi connectivity index (χ2v) is 10.9. The summed E-state index contributed by atoms with van der Waals surface area (Å²) in [6.07, 6.45) is 1.03. The van der Waals surface area contributed by atoms with Crippen LogP contribution >= 0.6 is 0 Å². The number of aromatic carboxylic acids is 1. The molecule has 1 saturated heterocycles. The number of carboxylic acid groups (broad SMARTS) is 1. The van der Waals surface area contributed by atoms with Gasteiger partial charge in [-0.05, 0) is 114 Å². The van der Waals surface area contributed by atoms with E-state index in [1.54, 1.807) is 12.1 Å². The second-order valence-electron chi connectivity index (χ2n) is 10.9. The number of fused-ring (bicyclic) bond motifs is 1. The van der Waals surface area contributed by atoms with Gasteiger partial charge in [0.05, 0.1) is 5.56 Å². The van der Waals surface area contributed by atoms with Crippen molar-refractivity contribution in [2.75, 3.05) is 19.6 Å². The van der Waals surface area contributed by atoms with Crippen molar-refractivity contribution in [1.82, 2.24) is 4.90 Å². The van der Waals surface area contributed by atoms with E-state index in [0.717, 1.165) is 77.7 Å². The van der Waals surface area contributed by atoms with Gasteiger partial charge >= 0.3 is 5.97 Å². The number of benzene rings is 3. The molecule has 1 heterocycles. The zero-order valence-corrected chi connectivity index (χ0v) is 22.4. The van der Waals surface area contributed by atoms with Gasteiger partial charge in [0.1, 0.15) is 5.82 Å². The average molecular weight is 534 g/mol. The van der Waals surface area contributed by atoms with Gasteiger partial charge < -0.3 is 10.0 Å². The highest BCUT2D eigenvalue weighted by Crippen LogP contribution is 2.41. The number of carboxylic acids is 1. The van der Waals surface area contributed by atoms with E-state index in [9.17, 15) is 23.1 Å². The number of nitrogens with zero attached hydrogens (tertiary/aromatic N) is 1. The molecule has 3 nitrogen and oxygen atoms in total. The van der Waals surface area contributed by atoms with Crippen molar-refractivity contribution in [2.24, 2.45) is 5.92 Å². The van der Waals surface area contributed by atoms with Gasteiger partial charge in [0, 0.05) is 26.1 Å². The maximum Gasteiger partial charge on any atom is 0.335 e. The monoisotopic (exact) mass is 533 g/mol. The van der Waals surface area contributed by atoms with Crippen LogP contribution in [-0.4, -0.2) is 42.0 Å². The van der Waals surface area contributed by atoms with Crippen LogP contribution < -0.4 is 0 Å². The zero-order valence-electron chi connectivity index (χ0n) is 22.4. The van der Waals surface area contributed by atoms with Gasteiger partial charge in [-0.25, -0.2) is 18.0 Å². The molecular formula is C33H34F3NO2. The van der Waals surface area contributed by atoms with Crippen LogP contribution in [-0.2, 0) is 12.8 Å². The van der Waals surface area contributed by atoms with E-state index in [2.05, 4.69) is 29.2 Å². The molecule has 0 bridgehead atoms. The van der Waals surface area contributed by atoms with Crippen molar-refractivity contribution in [1.29, 1.82) is 0 Å². The third kappa shape index (κ3) is 5.81. The Bertz CT molecular complexity index is 1410. The summed E-state index contributed by atoms with van der Waals surface area (Å²) in [7, 11) is 0. The lowest BCUT2D eigenvalue weighted by Gasteiger charge is -2.39. The predicted octanol–water partition coefficient (Wildman–Crippen LogP) is 7.57. The minimum Gasteiger partial charge on any atom is -0.478 e. The Morgan fingerprint density at radius 3 is 2.38 bits per heavy atom. The van der Waals surface area contributed by atoms with Gasteiger partial charge in [0.2, 0.25) is 6.43 Å². The summed E-state index contributed by atoms with van der Waals surface area (Å²) in [5.74, 6) is -0.682. The molecule has 1 aliphatic carbocycles. The maximum atomic E-state index is 14.4. The van der Waals surface area contributed by atoms with Crippen molar-refractivity contribution >= 4 is 17.1 Å². The van der Waals surface area contributed by atoms with E-state index in [-0.39, 0.29) is 17.8 Å². The number of carbonyl (C=O) groups is 1. The number of halogens is 3. The molecule has 0 amide bonds. The summed E-state index contributed by atoms with van der Waals surface area (Å²) in [4.78, 5) is 13.8. The number of alkyl halides is 2. The van der Waals surface area contributed by atoms with Gasteiger partial charge in [-0.3, -0.25) is 0 Å². The Kier molecular flexibility index (Phi) is 7.94. The van der Waals surface area contributed by atoms with Gasteiger partial charge in [-0.1, -0.05) is 36.4 Å². The lowest BCUT2D eigenvalue weighted by molar-refractivity contribution is 0.0626. The van der Waals surface area contributed by atoms with Crippen LogP contribution in [0.4, 0.5) is 13.2 Å². The Hall–Kier alpha value is -3.38. The molecule has 0 atom stereocenters. The highest BCUT2D eigenvalue weighted by atomic mass is 19.3. The predicted molar refractivity (Wildman–Crippen MR) is 149 cm³/mol. The van der Waals surface area contributed by atoms with E-state index in [4.69, 9.17) is 0 Å². The highest BCUT2D eigenvalue weighted by molar-refractivity contribution is 6.01. The van der Waals surface area contributed by atoms with Gasteiger partial charge in [-0.15, -0.1) is 0 Å². The van der Waals surface area contributed by atoms with Crippen LogP contribution in [0.15, 0.2) is 54.6 Å². The third-order valence-corrected chi connectivity index (χ3v) is 8.31. The van der Waals surface area contributed by atoms with E-state index < -0.39 is 12.4 Å². The van der Waals surface area contributed by atoms with Crippen LogP contribution in [0.3, 0.4) is 0 Å². The summed E-state index contributed by atoms with van der Waals surface area (Å²) in [6.45, 7) is 5.93. The molecule has 0 saturated carbocycles. The molecule has 2 aliphatic rings. The van der Waals surface area contributed by atoms with E-state index >= 15 is 0 Å². The second kappa shape index (κ2) is 11.4. The Balaban J connectivity index is 1.50. The first-order valence-corrected chi connectivity index (χ1v) is 13.7. The molecule has 0 radical (unpaired) electrons. The molecule has 1 N–H and O–H groups in total. The molecule has 1 aliphatic heterocycles. The molecule has 204 valence electrons. The summed E-state index contributed by atoms with van der Waals surface area (Å²) in [6, 6.07) is 17.3. The average Bonchev–Trinajstić information content (AvgIpc) is 3.08. The molecule has 5 rings (SSSR count). The van der Waals surface area contributed by atoms with Crippen LogP contribution in [0.25, 0.3) is 11.1 Å². The minimum absolute atomic E-state index is 0.0681. The summed E-state index contributed by atoms with van der Waals surface area (Å²) in [5.41, 5.74) is 9.39. The van der Waals surface area contributed by atoms with E-state index in [0.29, 0.717) is 18.0 Å². The maximum absolute atomic E-state index is 14.4. The number of hydrogen-bond acceptors (Lipinski definition) is 2.